The van der Waals surface area contributed by atoms with E-state index in [1.54, 1.807) is 4.90 Å². The molecular formula is C18H36N2O3. The number of ether oxygens (including phenoxy) is 2. The Balaban J connectivity index is 2.56. The molecule has 1 amide bonds. The quantitative estimate of drug-likeness (QED) is 0.838. The molecule has 1 saturated heterocycles. The van der Waals surface area contributed by atoms with Crippen LogP contribution in [0.3, 0.4) is 0 Å². The van der Waals surface area contributed by atoms with E-state index in [2.05, 4.69) is 33.0 Å². The standard InChI is InChI=1S/C18H36N2O3/c1-13(2)20(15(21)22-16(3,4)5)11-10-19-14-12-17(6,7)23-18(14,8)9/h13-14,19H,10-12H2,1-9H3. The lowest BCUT2D eigenvalue weighted by Crippen LogP contribution is -2.48. The van der Waals surface area contributed by atoms with Gasteiger partial charge in [0, 0.05) is 25.2 Å². The number of carbonyl (C=O) groups is 1. The maximum Gasteiger partial charge on any atom is 0.410 e. The lowest BCUT2D eigenvalue weighted by Gasteiger charge is -2.32. The van der Waals surface area contributed by atoms with Gasteiger partial charge in [-0.15, -0.1) is 0 Å². The lowest BCUT2D eigenvalue weighted by atomic mass is 9.94. The van der Waals surface area contributed by atoms with Crippen molar-refractivity contribution >= 4 is 6.09 Å². The van der Waals surface area contributed by atoms with Gasteiger partial charge in [0.05, 0.1) is 11.2 Å². The van der Waals surface area contributed by atoms with Gasteiger partial charge < -0.3 is 19.7 Å². The molecule has 0 saturated carbocycles. The molecule has 0 aliphatic carbocycles. The summed E-state index contributed by atoms with van der Waals surface area (Å²) in [7, 11) is 0. The number of amides is 1. The molecule has 136 valence electrons. The molecule has 1 aliphatic rings. The van der Waals surface area contributed by atoms with E-state index in [0.717, 1.165) is 13.0 Å². The van der Waals surface area contributed by atoms with Gasteiger partial charge in [-0.1, -0.05) is 0 Å². The Morgan fingerprint density at radius 1 is 1.30 bits per heavy atom. The summed E-state index contributed by atoms with van der Waals surface area (Å²) >= 11 is 0. The normalized spacial score (nSPS) is 23.1. The Morgan fingerprint density at radius 2 is 1.87 bits per heavy atom. The fourth-order valence-electron chi connectivity index (χ4n) is 3.12. The fourth-order valence-corrected chi connectivity index (χ4v) is 3.12. The average Bonchev–Trinajstić information content (AvgIpc) is 2.49. The molecule has 5 nitrogen and oxygen atoms in total. The van der Waals surface area contributed by atoms with Crippen molar-refractivity contribution in [3.8, 4) is 0 Å². The van der Waals surface area contributed by atoms with Gasteiger partial charge in [0.2, 0.25) is 0 Å². The predicted octanol–water partition coefficient (Wildman–Crippen LogP) is 3.57. The van der Waals surface area contributed by atoms with E-state index in [-0.39, 0.29) is 29.4 Å². The second-order valence-corrected chi connectivity index (χ2v) is 8.94. The van der Waals surface area contributed by atoms with Crippen molar-refractivity contribution < 1.29 is 14.3 Å². The smallest absolute Gasteiger partial charge is 0.410 e. The Labute approximate surface area is 142 Å². The number of nitrogens with zero attached hydrogens (tertiary/aromatic N) is 1. The average molecular weight is 328 g/mol. The second kappa shape index (κ2) is 6.98. The van der Waals surface area contributed by atoms with Gasteiger partial charge in [-0.05, 0) is 68.7 Å². The van der Waals surface area contributed by atoms with Crippen LogP contribution in [0.5, 0.6) is 0 Å². The molecule has 1 atom stereocenters. The molecule has 1 heterocycles. The molecular weight excluding hydrogens is 292 g/mol. The van der Waals surface area contributed by atoms with Crippen molar-refractivity contribution in [2.75, 3.05) is 13.1 Å². The van der Waals surface area contributed by atoms with Crippen molar-refractivity contribution in [3.05, 3.63) is 0 Å². The first-order chi connectivity index (χ1) is 10.2. The minimum atomic E-state index is -0.469. The Bertz CT molecular complexity index is 411. The highest BCUT2D eigenvalue weighted by Crippen LogP contribution is 2.37. The monoisotopic (exact) mass is 328 g/mol. The predicted molar refractivity (Wildman–Crippen MR) is 93.7 cm³/mol. The first-order valence-corrected chi connectivity index (χ1v) is 8.67. The Kier molecular flexibility index (Phi) is 6.14. The SMILES string of the molecule is CC(C)N(CCNC1CC(C)(C)OC1(C)C)C(=O)OC(C)(C)C. The summed E-state index contributed by atoms with van der Waals surface area (Å²) in [4.78, 5) is 14.1. The largest absolute Gasteiger partial charge is 0.444 e. The number of rotatable bonds is 5. The first kappa shape index (κ1) is 20.2. The molecule has 0 aromatic rings. The van der Waals surface area contributed by atoms with Gasteiger partial charge in [0.1, 0.15) is 5.60 Å². The van der Waals surface area contributed by atoms with E-state index in [4.69, 9.17) is 9.47 Å². The lowest BCUT2D eigenvalue weighted by molar-refractivity contribution is -0.0698. The van der Waals surface area contributed by atoms with Crippen molar-refractivity contribution in [1.82, 2.24) is 10.2 Å². The molecule has 1 N–H and O–H groups in total. The highest BCUT2D eigenvalue weighted by molar-refractivity contribution is 5.68. The summed E-state index contributed by atoms with van der Waals surface area (Å²) < 4.78 is 11.6. The van der Waals surface area contributed by atoms with Crippen LogP contribution >= 0.6 is 0 Å². The maximum atomic E-state index is 12.3. The second-order valence-electron chi connectivity index (χ2n) is 8.94. The van der Waals surface area contributed by atoms with Gasteiger partial charge in [-0.3, -0.25) is 0 Å². The van der Waals surface area contributed by atoms with Crippen LogP contribution in [-0.2, 0) is 9.47 Å². The van der Waals surface area contributed by atoms with E-state index in [1.165, 1.54) is 0 Å². The third-order valence-corrected chi connectivity index (χ3v) is 4.07. The summed E-state index contributed by atoms with van der Waals surface area (Å²) in [6.07, 6.45) is 0.713. The molecule has 0 aromatic carbocycles. The molecule has 5 heteroatoms. The summed E-state index contributed by atoms with van der Waals surface area (Å²) in [5.41, 5.74) is -0.773. The van der Waals surface area contributed by atoms with Gasteiger partial charge in [-0.25, -0.2) is 4.79 Å². The molecule has 1 fully saturated rings. The van der Waals surface area contributed by atoms with Crippen LogP contribution in [-0.4, -0.2) is 53.0 Å². The van der Waals surface area contributed by atoms with Crippen molar-refractivity contribution in [1.29, 1.82) is 0 Å². The topological polar surface area (TPSA) is 50.8 Å². The number of carbonyl (C=O) groups excluding carboxylic acids is 1. The van der Waals surface area contributed by atoms with E-state index in [9.17, 15) is 4.79 Å². The summed E-state index contributed by atoms with van der Waals surface area (Å²) in [5, 5.41) is 3.56. The number of hydrogen-bond donors (Lipinski definition) is 1. The van der Waals surface area contributed by atoms with Crippen LogP contribution in [0.25, 0.3) is 0 Å². The summed E-state index contributed by atoms with van der Waals surface area (Å²) in [5.74, 6) is 0. The molecule has 0 spiro atoms. The van der Waals surface area contributed by atoms with Crippen molar-refractivity contribution in [2.24, 2.45) is 0 Å². The van der Waals surface area contributed by atoms with Crippen LogP contribution in [0.1, 0.15) is 68.7 Å². The van der Waals surface area contributed by atoms with Crippen molar-refractivity contribution in [2.45, 2.75) is 97.6 Å². The Morgan fingerprint density at radius 3 is 2.26 bits per heavy atom. The molecule has 1 unspecified atom stereocenters. The fraction of sp³-hybridized carbons (Fsp3) is 0.944. The molecule has 0 radical (unpaired) electrons. The van der Waals surface area contributed by atoms with Crippen LogP contribution < -0.4 is 5.32 Å². The first-order valence-electron chi connectivity index (χ1n) is 8.67. The minimum absolute atomic E-state index is 0.107. The molecule has 1 aliphatic heterocycles. The van der Waals surface area contributed by atoms with E-state index < -0.39 is 5.60 Å². The number of nitrogens with one attached hydrogen (secondary N) is 1. The Hall–Kier alpha value is -0.810. The minimum Gasteiger partial charge on any atom is -0.444 e. The highest BCUT2D eigenvalue weighted by Gasteiger charge is 2.45. The van der Waals surface area contributed by atoms with Gasteiger partial charge in [-0.2, -0.15) is 0 Å². The van der Waals surface area contributed by atoms with E-state index in [1.807, 2.05) is 34.6 Å². The van der Waals surface area contributed by atoms with Crippen molar-refractivity contribution in [3.63, 3.8) is 0 Å². The van der Waals surface area contributed by atoms with Gasteiger partial charge in [0.15, 0.2) is 0 Å². The summed E-state index contributed by atoms with van der Waals surface area (Å²) in [6.45, 7) is 19.5. The van der Waals surface area contributed by atoms with Gasteiger partial charge >= 0.3 is 6.09 Å². The third-order valence-electron chi connectivity index (χ3n) is 4.07. The maximum absolute atomic E-state index is 12.3. The molecule has 0 bridgehead atoms. The van der Waals surface area contributed by atoms with Gasteiger partial charge in [0.25, 0.3) is 0 Å². The van der Waals surface area contributed by atoms with Crippen LogP contribution in [0.2, 0.25) is 0 Å². The zero-order chi connectivity index (χ0) is 18.1. The highest BCUT2D eigenvalue weighted by atomic mass is 16.6. The molecule has 23 heavy (non-hydrogen) atoms. The zero-order valence-electron chi connectivity index (χ0n) is 16.4. The summed E-state index contributed by atoms with van der Waals surface area (Å²) in [6, 6.07) is 0.390. The van der Waals surface area contributed by atoms with E-state index >= 15 is 0 Å². The third kappa shape index (κ3) is 6.30. The molecule has 1 rings (SSSR count). The zero-order valence-corrected chi connectivity index (χ0v) is 16.4. The van der Waals surface area contributed by atoms with Crippen LogP contribution in [0.15, 0.2) is 0 Å². The van der Waals surface area contributed by atoms with E-state index in [0.29, 0.717) is 6.54 Å². The van der Waals surface area contributed by atoms with Crippen LogP contribution in [0, 0.1) is 0 Å². The van der Waals surface area contributed by atoms with Crippen LogP contribution in [0.4, 0.5) is 4.79 Å². The number of hydrogen-bond acceptors (Lipinski definition) is 4. The molecule has 0 aromatic heterocycles.